The van der Waals surface area contributed by atoms with E-state index in [1.54, 1.807) is 6.20 Å². The molecule has 88 valence electrons. The van der Waals surface area contributed by atoms with Gasteiger partial charge in [-0.15, -0.1) is 0 Å². The van der Waals surface area contributed by atoms with Crippen molar-refractivity contribution in [2.45, 2.75) is 37.4 Å². The zero-order valence-electron chi connectivity index (χ0n) is 9.11. The molecule has 16 heavy (non-hydrogen) atoms. The largest absolute Gasteiger partial charge is 0.261 e. The number of pyridine rings is 1. The summed E-state index contributed by atoms with van der Waals surface area (Å²) >= 11 is 0. The molecule has 0 amide bonds. The Labute approximate surface area is 100 Å². The van der Waals surface area contributed by atoms with Crippen molar-refractivity contribution in [1.82, 2.24) is 4.98 Å². The lowest BCUT2D eigenvalue weighted by Crippen LogP contribution is -2.18. The van der Waals surface area contributed by atoms with Crippen LogP contribution >= 0.6 is 10.7 Å². The third kappa shape index (κ3) is 2.38. The Morgan fingerprint density at radius 3 is 2.56 bits per heavy atom. The quantitative estimate of drug-likeness (QED) is 0.781. The molecule has 0 radical (unpaired) electrons. The highest BCUT2D eigenvalue weighted by molar-refractivity contribution is 8.15. The van der Waals surface area contributed by atoms with Crippen LogP contribution in [0.2, 0.25) is 0 Å². The molecular formula is C11H14ClNO2S. The summed E-state index contributed by atoms with van der Waals surface area (Å²) in [6.45, 7) is 1.97. The fourth-order valence-electron chi connectivity index (χ4n) is 1.76. The number of hydrogen-bond acceptors (Lipinski definition) is 3. The van der Waals surface area contributed by atoms with Crippen LogP contribution in [0.25, 0.3) is 0 Å². The number of rotatable bonds is 4. The van der Waals surface area contributed by atoms with Gasteiger partial charge in [-0.3, -0.25) is 4.98 Å². The Balaban J connectivity index is 2.01. The van der Waals surface area contributed by atoms with Crippen molar-refractivity contribution >= 4 is 19.7 Å². The maximum Gasteiger partial charge on any atom is 0.238 e. The Morgan fingerprint density at radius 2 is 2.12 bits per heavy atom. The number of hydrogen-bond donors (Lipinski definition) is 0. The van der Waals surface area contributed by atoms with Crippen molar-refractivity contribution in [2.75, 3.05) is 0 Å². The summed E-state index contributed by atoms with van der Waals surface area (Å²) in [4.78, 5) is 4.25. The Hall–Kier alpha value is -0.610. The molecule has 2 rings (SSSR count). The molecule has 1 heterocycles. The van der Waals surface area contributed by atoms with E-state index in [9.17, 15) is 8.42 Å². The van der Waals surface area contributed by atoms with Gasteiger partial charge in [0.15, 0.2) is 0 Å². The molecule has 0 bridgehead atoms. The standard InChI is InChI=1S/C11H14ClNO2S/c1-9-2-3-10(13-8-9)4-5-11(6-7-11)16(12,14)15/h2-3,8H,4-7H2,1H3. The van der Waals surface area contributed by atoms with E-state index in [1.807, 2.05) is 19.1 Å². The second kappa shape index (κ2) is 4.00. The van der Waals surface area contributed by atoms with Gasteiger partial charge >= 0.3 is 0 Å². The van der Waals surface area contributed by atoms with Gasteiger partial charge in [0, 0.05) is 22.6 Å². The van der Waals surface area contributed by atoms with E-state index in [-0.39, 0.29) is 0 Å². The maximum atomic E-state index is 11.3. The highest BCUT2D eigenvalue weighted by atomic mass is 35.7. The van der Waals surface area contributed by atoms with Crippen molar-refractivity contribution in [1.29, 1.82) is 0 Å². The molecule has 5 heteroatoms. The van der Waals surface area contributed by atoms with E-state index in [0.717, 1.165) is 11.3 Å². The van der Waals surface area contributed by atoms with Crippen LogP contribution in [-0.2, 0) is 15.5 Å². The van der Waals surface area contributed by atoms with Crippen molar-refractivity contribution < 1.29 is 8.42 Å². The summed E-state index contributed by atoms with van der Waals surface area (Å²) in [5, 5.41) is 0. The predicted molar refractivity (Wildman–Crippen MR) is 64.0 cm³/mol. The lowest BCUT2D eigenvalue weighted by atomic mass is 10.1. The number of halogens is 1. The average molecular weight is 260 g/mol. The minimum absolute atomic E-state index is 0.578. The van der Waals surface area contributed by atoms with Crippen LogP contribution < -0.4 is 0 Å². The molecule has 0 N–H and O–H groups in total. The topological polar surface area (TPSA) is 47.0 Å². The molecule has 0 unspecified atom stereocenters. The van der Waals surface area contributed by atoms with Crippen molar-refractivity contribution in [3.05, 3.63) is 29.6 Å². The fraction of sp³-hybridized carbons (Fsp3) is 0.545. The zero-order valence-corrected chi connectivity index (χ0v) is 10.7. The van der Waals surface area contributed by atoms with Gasteiger partial charge in [0.1, 0.15) is 0 Å². The van der Waals surface area contributed by atoms with E-state index in [4.69, 9.17) is 10.7 Å². The molecule has 0 saturated heterocycles. The normalized spacial score (nSPS) is 18.4. The summed E-state index contributed by atoms with van der Waals surface area (Å²) in [6, 6.07) is 3.92. The van der Waals surface area contributed by atoms with E-state index in [0.29, 0.717) is 25.7 Å². The molecule has 1 fully saturated rings. The molecule has 3 nitrogen and oxygen atoms in total. The number of nitrogens with zero attached hydrogens (tertiary/aromatic N) is 1. The molecule has 0 atom stereocenters. The van der Waals surface area contributed by atoms with Gasteiger partial charge in [0.05, 0.1) is 4.75 Å². The lowest BCUT2D eigenvalue weighted by Gasteiger charge is -2.10. The van der Waals surface area contributed by atoms with E-state index < -0.39 is 13.8 Å². The van der Waals surface area contributed by atoms with Crippen molar-refractivity contribution in [3.63, 3.8) is 0 Å². The Kier molecular flexibility index (Phi) is 2.97. The van der Waals surface area contributed by atoms with Gasteiger partial charge in [-0.05, 0) is 44.2 Å². The first-order valence-electron chi connectivity index (χ1n) is 5.29. The minimum atomic E-state index is -3.43. The Morgan fingerprint density at radius 1 is 1.44 bits per heavy atom. The monoisotopic (exact) mass is 259 g/mol. The van der Waals surface area contributed by atoms with Gasteiger partial charge in [-0.25, -0.2) is 8.42 Å². The summed E-state index contributed by atoms with van der Waals surface area (Å²) in [5.41, 5.74) is 2.03. The van der Waals surface area contributed by atoms with E-state index in [1.165, 1.54) is 0 Å². The molecule has 0 aliphatic heterocycles. The van der Waals surface area contributed by atoms with Crippen molar-refractivity contribution in [2.24, 2.45) is 0 Å². The molecule has 1 saturated carbocycles. The molecule has 1 aliphatic carbocycles. The highest BCUT2D eigenvalue weighted by Crippen LogP contribution is 2.48. The van der Waals surface area contributed by atoms with Crippen LogP contribution in [0.15, 0.2) is 18.3 Å². The zero-order chi connectivity index (χ0) is 11.8. The summed E-state index contributed by atoms with van der Waals surface area (Å²) < 4.78 is 22.0. The molecule has 1 aromatic rings. The second-order valence-corrected chi connectivity index (χ2v) is 7.41. The first-order chi connectivity index (χ1) is 7.43. The first kappa shape index (κ1) is 11.9. The van der Waals surface area contributed by atoms with E-state index >= 15 is 0 Å². The van der Waals surface area contributed by atoms with Gasteiger partial charge in [-0.2, -0.15) is 0 Å². The van der Waals surface area contributed by atoms with Crippen LogP contribution in [0.5, 0.6) is 0 Å². The minimum Gasteiger partial charge on any atom is -0.261 e. The number of aryl methyl sites for hydroxylation is 2. The average Bonchev–Trinajstić information content (AvgIpc) is 2.97. The van der Waals surface area contributed by atoms with Crippen LogP contribution in [0, 0.1) is 6.92 Å². The molecule has 1 aliphatic rings. The third-order valence-electron chi connectivity index (χ3n) is 3.13. The van der Waals surface area contributed by atoms with Crippen LogP contribution in [0.3, 0.4) is 0 Å². The first-order valence-corrected chi connectivity index (χ1v) is 7.60. The predicted octanol–water partition coefficient (Wildman–Crippen LogP) is 2.42. The van der Waals surface area contributed by atoms with Gasteiger partial charge in [0.25, 0.3) is 0 Å². The summed E-state index contributed by atoms with van der Waals surface area (Å²) in [7, 11) is 2.01. The molecule has 0 spiro atoms. The van der Waals surface area contributed by atoms with Crippen molar-refractivity contribution in [3.8, 4) is 0 Å². The second-order valence-electron chi connectivity index (χ2n) is 4.45. The lowest BCUT2D eigenvalue weighted by molar-refractivity contribution is 0.581. The van der Waals surface area contributed by atoms with Crippen LogP contribution in [0.4, 0.5) is 0 Å². The highest BCUT2D eigenvalue weighted by Gasteiger charge is 2.53. The number of aromatic nitrogens is 1. The molecule has 1 aromatic heterocycles. The summed E-state index contributed by atoms with van der Waals surface area (Å²) in [6.07, 6.45) is 4.42. The van der Waals surface area contributed by atoms with Crippen LogP contribution in [0.1, 0.15) is 30.5 Å². The van der Waals surface area contributed by atoms with Gasteiger partial charge in [0.2, 0.25) is 9.05 Å². The smallest absolute Gasteiger partial charge is 0.238 e. The fourth-order valence-corrected chi connectivity index (χ4v) is 3.39. The van der Waals surface area contributed by atoms with Crippen LogP contribution in [-0.4, -0.2) is 18.1 Å². The molecular weight excluding hydrogens is 246 g/mol. The Bertz CT molecular complexity index is 477. The maximum absolute atomic E-state index is 11.3. The third-order valence-corrected chi connectivity index (χ3v) is 5.76. The van der Waals surface area contributed by atoms with E-state index in [2.05, 4.69) is 4.98 Å². The SMILES string of the molecule is Cc1ccc(CCC2(S(=O)(=O)Cl)CC2)nc1. The van der Waals surface area contributed by atoms with Gasteiger partial charge < -0.3 is 0 Å². The molecule has 0 aromatic carbocycles. The summed E-state index contributed by atoms with van der Waals surface area (Å²) in [5.74, 6) is 0. The van der Waals surface area contributed by atoms with Gasteiger partial charge in [-0.1, -0.05) is 6.07 Å².